The number of amides is 1. The molecule has 0 spiro atoms. The maximum absolute atomic E-state index is 12.0. The van der Waals surface area contributed by atoms with Crippen LogP contribution in [0.15, 0.2) is 24.3 Å². The summed E-state index contributed by atoms with van der Waals surface area (Å²) in [5.41, 5.74) is 0.0868. The van der Waals surface area contributed by atoms with Crippen molar-refractivity contribution in [1.29, 1.82) is 0 Å². The Hall–Kier alpha value is -1.14. The standard InChI is InChI=1S/C16H24ClN3O2/c1-16(2,22)12-20-9-7-19(8-10-20)11-15(21)18-14-5-3-13(17)4-6-14/h3-6,22H,7-12H2,1-2H3,(H,18,21). The van der Waals surface area contributed by atoms with Crippen molar-refractivity contribution in [2.24, 2.45) is 0 Å². The molecule has 1 fully saturated rings. The van der Waals surface area contributed by atoms with Crippen molar-refractivity contribution in [3.63, 3.8) is 0 Å². The average molecular weight is 326 g/mol. The fraction of sp³-hybridized carbons (Fsp3) is 0.562. The fourth-order valence-electron chi connectivity index (χ4n) is 2.59. The maximum Gasteiger partial charge on any atom is 0.238 e. The molecule has 1 saturated heterocycles. The normalized spacial score (nSPS) is 17.5. The first-order valence-electron chi connectivity index (χ1n) is 7.54. The van der Waals surface area contributed by atoms with Crippen LogP contribution in [0.5, 0.6) is 0 Å². The molecule has 22 heavy (non-hydrogen) atoms. The first kappa shape index (κ1) is 17.2. The van der Waals surface area contributed by atoms with Crippen molar-refractivity contribution >= 4 is 23.2 Å². The van der Waals surface area contributed by atoms with Gasteiger partial charge in [-0.2, -0.15) is 0 Å². The zero-order valence-corrected chi connectivity index (χ0v) is 13.9. The van der Waals surface area contributed by atoms with E-state index in [0.29, 0.717) is 18.1 Å². The van der Waals surface area contributed by atoms with Crippen LogP contribution in [0.3, 0.4) is 0 Å². The van der Waals surface area contributed by atoms with Gasteiger partial charge >= 0.3 is 0 Å². The maximum atomic E-state index is 12.0. The summed E-state index contributed by atoms with van der Waals surface area (Å²) in [6, 6.07) is 7.10. The molecule has 0 saturated carbocycles. The first-order valence-corrected chi connectivity index (χ1v) is 7.92. The number of carbonyl (C=O) groups is 1. The zero-order chi connectivity index (χ0) is 16.2. The van der Waals surface area contributed by atoms with Crippen molar-refractivity contribution in [2.75, 3.05) is 44.6 Å². The second-order valence-corrected chi connectivity index (χ2v) is 6.86. The fourth-order valence-corrected chi connectivity index (χ4v) is 2.72. The number of nitrogens with zero attached hydrogens (tertiary/aromatic N) is 2. The second-order valence-electron chi connectivity index (χ2n) is 6.42. The van der Waals surface area contributed by atoms with E-state index >= 15 is 0 Å². The van der Waals surface area contributed by atoms with Crippen LogP contribution in [-0.4, -0.2) is 65.7 Å². The minimum Gasteiger partial charge on any atom is -0.389 e. The number of rotatable bonds is 5. The van der Waals surface area contributed by atoms with Crippen LogP contribution in [0.1, 0.15) is 13.8 Å². The van der Waals surface area contributed by atoms with Crippen LogP contribution in [0, 0.1) is 0 Å². The lowest BCUT2D eigenvalue weighted by molar-refractivity contribution is -0.117. The number of anilines is 1. The number of hydrogen-bond donors (Lipinski definition) is 2. The van der Waals surface area contributed by atoms with Gasteiger partial charge in [-0.25, -0.2) is 0 Å². The van der Waals surface area contributed by atoms with Crippen LogP contribution in [0.2, 0.25) is 5.02 Å². The Bertz CT molecular complexity index is 491. The third-order valence-electron chi connectivity index (χ3n) is 3.57. The Morgan fingerprint density at radius 2 is 1.73 bits per heavy atom. The summed E-state index contributed by atoms with van der Waals surface area (Å²) in [5, 5.41) is 13.4. The highest BCUT2D eigenvalue weighted by Crippen LogP contribution is 2.13. The molecular formula is C16H24ClN3O2. The number of β-amino-alcohol motifs (C(OH)–C–C–N with tert-alkyl or cyclic N) is 1. The van der Waals surface area contributed by atoms with E-state index in [1.807, 2.05) is 13.8 Å². The van der Waals surface area contributed by atoms with Gasteiger partial charge in [-0.05, 0) is 38.1 Å². The molecule has 1 amide bonds. The monoisotopic (exact) mass is 325 g/mol. The number of hydrogen-bond acceptors (Lipinski definition) is 4. The Morgan fingerprint density at radius 3 is 2.27 bits per heavy atom. The lowest BCUT2D eigenvalue weighted by atomic mass is 10.1. The summed E-state index contributed by atoms with van der Waals surface area (Å²) < 4.78 is 0. The molecule has 0 aromatic heterocycles. The summed E-state index contributed by atoms with van der Waals surface area (Å²) in [5.74, 6) is -0.0155. The predicted molar refractivity (Wildman–Crippen MR) is 89.3 cm³/mol. The molecule has 1 heterocycles. The lowest BCUT2D eigenvalue weighted by Gasteiger charge is -2.36. The summed E-state index contributed by atoms with van der Waals surface area (Å²) in [6.07, 6.45) is 0. The molecule has 5 nitrogen and oxygen atoms in total. The molecule has 122 valence electrons. The molecule has 1 aromatic carbocycles. The van der Waals surface area contributed by atoms with Gasteiger partial charge in [-0.15, -0.1) is 0 Å². The largest absolute Gasteiger partial charge is 0.389 e. The van der Waals surface area contributed by atoms with Crippen LogP contribution < -0.4 is 5.32 Å². The number of halogens is 1. The number of aliphatic hydroxyl groups is 1. The van der Waals surface area contributed by atoms with Gasteiger partial charge < -0.3 is 10.4 Å². The number of nitrogens with one attached hydrogen (secondary N) is 1. The highest BCUT2D eigenvalue weighted by atomic mass is 35.5. The van der Waals surface area contributed by atoms with E-state index in [9.17, 15) is 9.90 Å². The zero-order valence-electron chi connectivity index (χ0n) is 13.2. The van der Waals surface area contributed by atoms with E-state index < -0.39 is 5.60 Å². The highest BCUT2D eigenvalue weighted by molar-refractivity contribution is 6.30. The third kappa shape index (κ3) is 5.93. The minimum absolute atomic E-state index is 0.0155. The molecule has 2 rings (SSSR count). The molecular weight excluding hydrogens is 302 g/mol. The number of benzene rings is 1. The van der Waals surface area contributed by atoms with Crippen molar-refractivity contribution < 1.29 is 9.90 Å². The van der Waals surface area contributed by atoms with E-state index in [4.69, 9.17) is 11.6 Å². The van der Waals surface area contributed by atoms with Crippen LogP contribution in [-0.2, 0) is 4.79 Å². The van der Waals surface area contributed by atoms with Crippen LogP contribution in [0.4, 0.5) is 5.69 Å². The molecule has 1 aliphatic rings. The van der Waals surface area contributed by atoms with Gasteiger partial charge in [0.05, 0.1) is 12.1 Å². The predicted octanol–water partition coefficient (Wildman–Crippen LogP) is 1.67. The minimum atomic E-state index is -0.672. The summed E-state index contributed by atoms with van der Waals surface area (Å²) in [4.78, 5) is 16.4. The Balaban J connectivity index is 1.73. The summed E-state index contributed by atoms with van der Waals surface area (Å²) in [7, 11) is 0. The van der Waals surface area contributed by atoms with Gasteiger partial charge in [0.15, 0.2) is 0 Å². The highest BCUT2D eigenvalue weighted by Gasteiger charge is 2.23. The quantitative estimate of drug-likeness (QED) is 0.864. The molecule has 1 aromatic rings. The van der Waals surface area contributed by atoms with E-state index in [-0.39, 0.29) is 5.91 Å². The smallest absolute Gasteiger partial charge is 0.238 e. The van der Waals surface area contributed by atoms with E-state index in [1.54, 1.807) is 24.3 Å². The van der Waals surface area contributed by atoms with Gasteiger partial charge in [-0.3, -0.25) is 14.6 Å². The molecule has 2 N–H and O–H groups in total. The van der Waals surface area contributed by atoms with Crippen LogP contribution in [0.25, 0.3) is 0 Å². The lowest BCUT2D eigenvalue weighted by Crippen LogP contribution is -2.51. The van der Waals surface area contributed by atoms with Gasteiger partial charge in [0, 0.05) is 43.4 Å². The van der Waals surface area contributed by atoms with E-state index in [1.165, 1.54) is 0 Å². The number of piperazine rings is 1. The van der Waals surface area contributed by atoms with Crippen molar-refractivity contribution in [3.05, 3.63) is 29.3 Å². The van der Waals surface area contributed by atoms with Gasteiger partial charge in [0.2, 0.25) is 5.91 Å². The number of carbonyl (C=O) groups excluding carboxylic acids is 1. The SMILES string of the molecule is CC(C)(O)CN1CCN(CC(=O)Nc2ccc(Cl)cc2)CC1. The Labute approximate surface area is 136 Å². The Morgan fingerprint density at radius 1 is 1.18 bits per heavy atom. The topological polar surface area (TPSA) is 55.8 Å². The van der Waals surface area contributed by atoms with E-state index in [2.05, 4.69) is 15.1 Å². The summed E-state index contributed by atoms with van der Waals surface area (Å²) >= 11 is 5.82. The molecule has 0 unspecified atom stereocenters. The van der Waals surface area contributed by atoms with Gasteiger partial charge in [-0.1, -0.05) is 11.6 Å². The third-order valence-corrected chi connectivity index (χ3v) is 3.82. The molecule has 0 atom stereocenters. The van der Waals surface area contributed by atoms with Crippen molar-refractivity contribution in [1.82, 2.24) is 9.80 Å². The Kier molecular flexibility index (Phi) is 5.81. The van der Waals surface area contributed by atoms with Gasteiger partial charge in [0.1, 0.15) is 0 Å². The van der Waals surface area contributed by atoms with Crippen LogP contribution >= 0.6 is 11.6 Å². The molecule has 1 aliphatic heterocycles. The van der Waals surface area contributed by atoms with E-state index in [0.717, 1.165) is 31.9 Å². The van der Waals surface area contributed by atoms with Crippen molar-refractivity contribution in [2.45, 2.75) is 19.4 Å². The molecule has 0 aliphatic carbocycles. The average Bonchev–Trinajstić information content (AvgIpc) is 2.42. The second kappa shape index (κ2) is 7.42. The van der Waals surface area contributed by atoms with Crippen molar-refractivity contribution in [3.8, 4) is 0 Å². The molecule has 0 bridgehead atoms. The molecule has 6 heteroatoms. The summed E-state index contributed by atoms with van der Waals surface area (Å²) in [6.45, 7) is 8.11. The first-order chi connectivity index (χ1) is 10.3. The molecule has 0 radical (unpaired) electrons. The van der Waals surface area contributed by atoms with Gasteiger partial charge in [0.25, 0.3) is 0 Å².